The summed E-state index contributed by atoms with van der Waals surface area (Å²) in [5.74, 6) is 1.07. The predicted molar refractivity (Wildman–Crippen MR) is 69.7 cm³/mol. The smallest absolute Gasteiger partial charge is 0.0599 e. The zero-order valence-electron chi connectivity index (χ0n) is 10.9. The molecule has 0 aliphatic rings. The highest BCUT2D eigenvalue weighted by Crippen LogP contribution is 2.09. The summed E-state index contributed by atoms with van der Waals surface area (Å²) in [6.45, 7) is 14.6. The molecular weight excluding hydrogens is 184 g/mol. The summed E-state index contributed by atoms with van der Waals surface area (Å²) in [5.41, 5.74) is 2.52. The van der Waals surface area contributed by atoms with Gasteiger partial charge in [-0.05, 0) is 25.3 Å². The van der Waals surface area contributed by atoms with Gasteiger partial charge in [-0.15, -0.1) is 0 Å². The molecule has 15 heavy (non-hydrogen) atoms. The van der Waals surface area contributed by atoms with Crippen molar-refractivity contribution >= 4 is 5.71 Å². The second-order valence-corrected chi connectivity index (χ2v) is 4.63. The maximum Gasteiger partial charge on any atom is 0.0599 e. The Labute approximate surface area is 94.9 Å². The van der Waals surface area contributed by atoms with Crippen LogP contribution in [0.1, 0.15) is 34.1 Å². The molecule has 0 aliphatic heterocycles. The summed E-state index contributed by atoms with van der Waals surface area (Å²) >= 11 is 0. The lowest BCUT2D eigenvalue weighted by atomic mass is 10.0. The molecule has 0 aromatic rings. The van der Waals surface area contributed by atoms with Crippen molar-refractivity contribution in [2.24, 2.45) is 16.8 Å². The Hall–Kier alpha value is -0.630. The van der Waals surface area contributed by atoms with E-state index in [0.29, 0.717) is 11.8 Å². The first kappa shape index (κ1) is 14.4. The average molecular weight is 210 g/mol. The lowest BCUT2D eigenvalue weighted by Crippen LogP contribution is -2.17. The van der Waals surface area contributed by atoms with Crippen molar-refractivity contribution in [1.29, 1.82) is 0 Å². The molecule has 0 rings (SSSR count). The number of hydrogen-bond donors (Lipinski definition) is 1. The van der Waals surface area contributed by atoms with Crippen LogP contribution in [0.5, 0.6) is 0 Å². The van der Waals surface area contributed by atoms with Crippen LogP contribution in [0.4, 0.5) is 0 Å². The summed E-state index contributed by atoms with van der Waals surface area (Å²) in [6, 6.07) is 0. The van der Waals surface area contributed by atoms with Gasteiger partial charge >= 0.3 is 0 Å². The standard InChI is InChI=1S/C13H26N2/c1-10(2)12(5)9-15-13(11(3)4)7-8-14-6/h10-11,14H,5,7-9H2,1-4,6H3. The molecule has 0 aromatic heterocycles. The van der Waals surface area contributed by atoms with Gasteiger partial charge in [-0.1, -0.05) is 39.8 Å². The normalized spacial score (nSPS) is 12.6. The first-order valence-corrected chi connectivity index (χ1v) is 5.84. The van der Waals surface area contributed by atoms with Crippen LogP contribution >= 0.6 is 0 Å². The Morgan fingerprint density at radius 1 is 1.20 bits per heavy atom. The van der Waals surface area contributed by atoms with Crippen LogP contribution in [0.25, 0.3) is 0 Å². The molecule has 0 unspecified atom stereocenters. The molecular formula is C13H26N2. The number of nitrogens with zero attached hydrogens (tertiary/aromatic N) is 1. The minimum atomic E-state index is 0.534. The minimum absolute atomic E-state index is 0.534. The van der Waals surface area contributed by atoms with Gasteiger partial charge in [-0.2, -0.15) is 0 Å². The Morgan fingerprint density at radius 3 is 2.20 bits per heavy atom. The van der Waals surface area contributed by atoms with Crippen LogP contribution in [0.3, 0.4) is 0 Å². The van der Waals surface area contributed by atoms with Crippen molar-refractivity contribution in [1.82, 2.24) is 5.32 Å². The second-order valence-electron chi connectivity index (χ2n) is 4.63. The third kappa shape index (κ3) is 6.45. The molecule has 0 aromatic carbocycles. The third-order valence-electron chi connectivity index (χ3n) is 2.60. The highest BCUT2D eigenvalue weighted by Gasteiger charge is 2.05. The molecule has 0 spiro atoms. The average Bonchev–Trinajstić information content (AvgIpc) is 2.16. The van der Waals surface area contributed by atoms with Gasteiger partial charge in [0.25, 0.3) is 0 Å². The molecule has 2 nitrogen and oxygen atoms in total. The number of nitrogens with one attached hydrogen (secondary N) is 1. The summed E-state index contributed by atoms with van der Waals surface area (Å²) < 4.78 is 0. The fourth-order valence-electron chi connectivity index (χ4n) is 1.19. The molecule has 0 saturated carbocycles. The van der Waals surface area contributed by atoms with E-state index >= 15 is 0 Å². The molecule has 0 radical (unpaired) electrons. The van der Waals surface area contributed by atoms with Crippen molar-refractivity contribution in [2.45, 2.75) is 34.1 Å². The number of hydrogen-bond acceptors (Lipinski definition) is 2. The van der Waals surface area contributed by atoms with E-state index in [0.717, 1.165) is 19.5 Å². The van der Waals surface area contributed by atoms with Crippen molar-refractivity contribution in [3.05, 3.63) is 12.2 Å². The molecule has 0 fully saturated rings. The van der Waals surface area contributed by atoms with E-state index in [9.17, 15) is 0 Å². The van der Waals surface area contributed by atoms with Crippen molar-refractivity contribution in [2.75, 3.05) is 20.1 Å². The van der Waals surface area contributed by atoms with Gasteiger partial charge in [-0.25, -0.2) is 0 Å². The molecule has 0 aliphatic carbocycles. The van der Waals surface area contributed by atoms with Gasteiger partial charge in [0.2, 0.25) is 0 Å². The van der Waals surface area contributed by atoms with Gasteiger partial charge in [-0.3, -0.25) is 4.99 Å². The van der Waals surface area contributed by atoms with Crippen molar-refractivity contribution in [3.8, 4) is 0 Å². The zero-order valence-corrected chi connectivity index (χ0v) is 10.9. The lowest BCUT2D eigenvalue weighted by molar-refractivity contribution is 0.737. The fraction of sp³-hybridized carbons (Fsp3) is 0.769. The highest BCUT2D eigenvalue weighted by atomic mass is 14.8. The van der Waals surface area contributed by atoms with Crippen LogP contribution in [0.2, 0.25) is 0 Å². The van der Waals surface area contributed by atoms with Gasteiger partial charge < -0.3 is 5.32 Å². The van der Waals surface area contributed by atoms with E-state index in [2.05, 4.69) is 44.6 Å². The van der Waals surface area contributed by atoms with E-state index in [4.69, 9.17) is 0 Å². The Kier molecular flexibility index (Phi) is 7.31. The summed E-state index contributed by atoms with van der Waals surface area (Å²) in [6.07, 6.45) is 1.04. The summed E-state index contributed by atoms with van der Waals surface area (Å²) in [7, 11) is 1.98. The largest absolute Gasteiger partial charge is 0.319 e. The fourth-order valence-corrected chi connectivity index (χ4v) is 1.19. The van der Waals surface area contributed by atoms with Crippen molar-refractivity contribution in [3.63, 3.8) is 0 Å². The molecule has 88 valence electrons. The van der Waals surface area contributed by atoms with E-state index in [1.807, 2.05) is 7.05 Å². The maximum atomic E-state index is 4.66. The quantitative estimate of drug-likeness (QED) is 0.507. The Bertz CT molecular complexity index is 215. The number of rotatable bonds is 7. The van der Waals surface area contributed by atoms with Gasteiger partial charge in [0, 0.05) is 12.3 Å². The molecule has 2 heteroatoms. The third-order valence-corrected chi connectivity index (χ3v) is 2.60. The maximum absolute atomic E-state index is 4.66. The van der Waals surface area contributed by atoms with Crippen LogP contribution in [0, 0.1) is 11.8 Å². The Balaban J connectivity index is 4.23. The topological polar surface area (TPSA) is 24.4 Å². The summed E-state index contributed by atoms with van der Waals surface area (Å²) in [4.78, 5) is 4.66. The SMILES string of the molecule is C=C(CN=C(CCNC)C(C)C)C(C)C. The highest BCUT2D eigenvalue weighted by molar-refractivity contribution is 5.86. The van der Waals surface area contributed by atoms with Crippen LogP contribution in [0.15, 0.2) is 17.1 Å². The van der Waals surface area contributed by atoms with E-state index < -0.39 is 0 Å². The molecule has 0 bridgehead atoms. The van der Waals surface area contributed by atoms with E-state index in [1.54, 1.807) is 0 Å². The van der Waals surface area contributed by atoms with E-state index in [1.165, 1.54) is 11.3 Å². The first-order chi connectivity index (χ1) is 6.99. The van der Waals surface area contributed by atoms with Crippen molar-refractivity contribution < 1.29 is 0 Å². The summed E-state index contributed by atoms with van der Waals surface area (Å²) in [5, 5.41) is 3.16. The van der Waals surface area contributed by atoms with Gasteiger partial charge in [0.15, 0.2) is 0 Å². The minimum Gasteiger partial charge on any atom is -0.319 e. The second kappa shape index (κ2) is 7.63. The molecule has 0 saturated heterocycles. The predicted octanol–water partition coefficient (Wildman–Crippen LogP) is 2.91. The molecule has 1 N–H and O–H groups in total. The van der Waals surface area contributed by atoms with Crippen LogP contribution in [-0.4, -0.2) is 25.8 Å². The number of aliphatic imine (C=N–C) groups is 1. The van der Waals surface area contributed by atoms with E-state index in [-0.39, 0.29) is 0 Å². The van der Waals surface area contributed by atoms with Crippen LogP contribution in [-0.2, 0) is 0 Å². The zero-order chi connectivity index (χ0) is 11.8. The molecule has 0 heterocycles. The Morgan fingerprint density at radius 2 is 1.80 bits per heavy atom. The van der Waals surface area contributed by atoms with Gasteiger partial charge in [0.1, 0.15) is 0 Å². The van der Waals surface area contributed by atoms with Crippen LogP contribution < -0.4 is 5.32 Å². The first-order valence-electron chi connectivity index (χ1n) is 5.84. The monoisotopic (exact) mass is 210 g/mol. The van der Waals surface area contributed by atoms with Gasteiger partial charge in [0.05, 0.1) is 6.54 Å². The lowest BCUT2D eigenvalue weighted by Gasteiger charge is -2.12. The molecule has 0 atom stereocenters. The molecule has 0 amide bonds.